The summed E-state index contributed by atoms with van der Waals surface area (Å²) in [6.45, 7) is 1.70. The number of H-pyrrole nitrogens is 1. The molecule has 0 bridgehead atoms. The van der Waals surface area contributed by atoms with Crippen LogP contribution in [0.15, 0.2) is 47.3 Å². The molecule has 210 valence electrons. The molecule has 0 aliphatic carbocycles. The van der Waals surface area contributed by atoms with Gasteiger partial charge in [0.25, 0.3) is 0 Å². The zero-order valence-corrected chi connectivity index (χ0v) is 21.0. The summed E-state index contributed by atoms with van der Waals surface area (Å²) in [6, 6.07) is 8.28. The van der Waals surface area contributed by atoms with Crippen molar-refractivity contribution in [2.75, 3.05) is 26.2 Å². The molecule has 1 aromatic heterocycles. The lowest BCUT2D eigenvalue weighted by atomic mass is 10.0. The van der Waals surface area contributed by atoms with Gasteiger partial charge in [0.15, 0.2) is 0 Å². The minimum Gasteiger partial charge on any atom is -0.506 e. The average Bonchev–Trinajstić information content (AvgIpc) is 2.89. The molecule has 0 unspecified atom stereocenters. The first-order valence-electron chi connectivity index (χ1n) is 12.6. The van der Waals surface area contributed by atoms with Gasteiger partial charge in [0.1, 0.15) is 11.6 Å². The number of aromatic amines is 1. The van der Waals surface area contributed by atoms with Crippen LogP contribution in [0.1, 0.15) is 42.1 Å². The summed E-state index contributed by atoms with van der Waals surface area (Å²) < 4.78 is 52.8. The van der Waals surface area contributed by atoms with Crippen molar-refractivity contribution < 1.29 is 32.6 Å². The minimum absolute atomic E-state index is 0.0762. The molecule has 2 aromatic carbocycles. The van der Waals surface area contributed by atoms with Gasteiger partial charge in [-0.25, -0.2) is 4.39 Å². The molecule has 39 heavy (non-hydrogen) atoms. The largest absolute Gasteiger partial charge is 0.506 e. The van der Waals surface area contributed by atoms with E-state index in [2.05, 4.69) is 20.5 Å². The van der Waals surface area contributed by atoms with Crippen molar-refractivity contribution in [3.63, 3.8) is 0 Å². The van der Waals surface area contributed by atoms with Gasteiger partial charge in [0.05, 0.1) is 17.2 Å². The number of carbonyl (C=O) groups excluding carboxylic acids is 1. The molecule has 1 aliphatic heterocycles. The maximum atomic E-state index is 13.4. The van der Waals surface area contributed by atoms with Gasteiger partial charge in [0.2, 0.25) is 11.5 Å². The van der Waals surface area contributed by atoms with Crippen LogP contribution < -0.4 is 16.2 Å². The predicted octanol–water partition coefficient (Wildman–Crippen LogP) is 3.19. The number of amides is 1. The van der Waals surface area contributed by atoms with Crippen LogP contribution in [0.5, 0.6) is 5.75 Å². The van der Waals surface area contributed by atoms with E-state index in [1.807, 2.05) is 0 Å². The molecule has 4 rings (SSSR count). The number of likely N-dealkylation sites (tertiary alicyclic amines) is 1. The Labute approximate surface area is 221 Å². The van der Waals surface area contributed by atoms with Crippen LogP contribution in [0.2, 0.25) is 0 Å². The predicted molar refractivity (Wildman–Crippen MR) is 137 cm³/mol. The van der Waals surface area contributed by atoms with E-state index < -0.39 is 36.1 Å². The molecule has 8 nitrogen and oxygen atoms in total. The number of nitrogens with one attached hydrogen (secondary N) is 3. The number of hydrogen-bond donors (Lipinski definition) is 5. The second-order valence-corrected chi connectivity index (χ2v) is 9.65. The number of benzene rings is 2. The second kappa shape index (κ2) is 12.1. The summed E-state index contributed by atoms with van der Waals surface area (Å²) in [5.41, 5.74) is -0.798. The number of phenols is 1. The lowest BCUT2D eigenvalue weighted by Crippen LogP contribution is -2.44. The fraction of sp³-hybridized carbons (Fsp3) is 0.407. The van der Waals surface area contributed by atoms with Crippen LogP contribution in [-0.2, 0) is 17.5 Å². The molecule has 1 saturated heterocycles. The van der Waals surface area contributed by atoms with Crippen LogP contribution in [0.4, 0.5) is 17.6 Å². The van der Waals surface area contributed by atoms with E-state index in [-0.39, 0.29) is 41.4 Å². The Balaban J connectivity index is 1.20. The monoisotopic (exact) mass is 550 g/mol. The van der Waals surface area contributed by atoms with E-state index in [1.165, 1.54) is 12.1 Å². The molecular weight excluding hydrogens is 520 g/mol. The van der Waals surface area contributed by atoms with Gasteiger partial charge in [-0.15, -0.1) is 0 Å². The molecule has 1 aliphatic rings. The van der Waals surface area contributed by atoms with Crippen molar-refractivity contribution in [2.24, 2.45) is 0 Å². The standard InChI is InChI=1S/C27H30F4N4O4/c28-17-1-4-21(27(29,30)31)16(13-17)14-33-24(38)9-12-35-10-7-18(8-11-35)32-15-23(37)19-2-5-22(36)26-20(19)3-6-25(39)34-26/h1-6,13,18,23,32,36-37H,7-12,14-15H2,(H,33,38)(H,34,39)/t23-/m0/s1. The summed E-state index contributed by atoms with van der Waals surface area (Å²) in [6.07, 6.45) is -3.85. The van der Waals surface area contributed by atoms with Gasteiger partial charge in [-0.3, -0.25) is 9.59 Å². The SMILES string of the molecule is O=C(CCN1CCC(NC[C@H](O)c2ccc(O)c3[nH]c(=O)ccc23)CC1)NCc1cc(F)ccc1C(F)(F)F. The smallest absolute Gasteiger partial charge is 0.416 e. The summed E-state index contributed by atoms with van der Waals surface area (Å²) in [5, 5.41) is 27.1. The summed E-state index contributed by atoms with van der Waals surface area (Å²) in [7, 11) is 0. The molecule has 3 aromatic rings. The first-order valence-corrected chi connectivity index (χ1v) is 12.6. The van der Waals surface area contributed by atoms with E-state index >= 15 is 0 Å². The number of hydrogen-bond acceptors (Lipinski definition) is 6. The lowest BCUT2D eigenvalue weighted by molar-refractivity contribution is -0.138. The topological polar surface area (TPSA) is 118 Å². The number of piperidine rings is 1. The van der Waals surface area contributed by atoms with E-state index in [0.29, 0.717) is 36.7 Å². The molecule has 0 radical (unpaired) electrons. The van der Waals surface area contributed by atoms with E-state index in [1.54, 1.807) is 12.1 Å². The molecule has 0 spiro atoms. The molecule has 1 amide bonds. The van der Waals surface area contributed by atoms with Crippen molar-refractivity contribution >= 4 is 16.8 Å². The van der Waals surface area contributed by atoms with Crippen LogP contribution in [0.25, 0.3) is 10.9 Å². The van der Waals surface area contributed by atoms with Crippen LogP contribution in [0, 0.1) is 5.82 Å². The number of rotatable bonds is 9. The van der Waals surface area contributed by atoms with Crippen molar-refractivity contribution in [3.8, 4) is 5.75 Å². The Morgan fingerprint density at radius 3 is 2.59 bits per heavy atom. The van der Waals surface area contributed by atoms with Crippen molar-refractivity contribution in [1.29, 1.82) is 0 Å². The Kier molecular flexibility index (Phi) is 8.88. The van der Waals surface area contributed by atoms with E-state index in [0.717, 1.165) is 25.0 Å². The normalized spacial score (nSPS) is 15.9. The maximum Gasteiger partial charge on any atom is 0.416 e. The third kappa shape index (κ3) is 7.34. The number of aliphatic hydroxyl groups is 1. The molecular formula is C27H30F4N4O4. The van der Waals surface area contributed by atoms with Gasteiger partial charge in [-0.05, 0) is 67.4 Å². The average molecular weight is 551 g/mol. The Morgan fingerprint density at radius 1 is 1.13 bits per heavy atom. The van der Waals surface area contributed by atoms with E-state index in [4.69, 9.17) is 0 Å². The summed E-state index contributed by atoms with van der Waals surface area (Å²) in [4.78, 5) is 28.5. The highest BCUT2D eigenvalue weighted by molar-refractivity contribution is 5.87. The first-order chi connectivity index (χ1) is 18.5. The number of pyridine rings is 1. The summed E-state index contributed by atoms with van der Waals surface area (Å²) in [5.74, 6) is -1.30. The molecule has 1 atom stereocenters. The Morgan fingerprint density at radius 2 is 1.87 bits per heavy atom. The maximum absolute atomic E-state index is 13.4. The van der Waals surface area contributed by atoms with Crippen molar-refractivity contribution in [3.05, 3.63) is 75.3 Å². The van der Waals surface area contributed by atoms with Crippen LogP contribution >= 0.6 is 0 Å². The second-order valence-electron chi connectivity index (χ2n) is 9.65. The number of phenolic OH excluding ortho intramolecular Hbond substituents is 1. The number of halogens is 4. The lowest BCUT2D eigenvalue weighted by Gasteiger charge is -2.32. The van der Waals surface area contributed by atoms with E-state index in [9.17, 15) is 37.4 Å². The van der Waals surface area contributed by atoms with Crippen LogP contribution in [0.3, 0.4) is 0 Å². The van der Waals surface area contributed by atoms with Crippen molar-refractivity contribution in [1.82, 2.24) is 20.5 Å². The van der Waals surface area contributed by atoms with Gasteiger partial charge in [-0.2, -0.15) is 13.2 Å². The molecule has 2 heterocycles. The fourth-order valence-electron chi connectivity index (χ4n) is 4.83. The number of aliphatic hydroxyl groups excluding tert-OH is 1. The quantitative estimate of drug-likeness (QED) is 0.261. The minimum atomic E-state index is -4.64. The molecule has 0 saturated carbocycles. The number of nitrogens with zero attached hydrogens (tertiary/aromatic N) is 1. The molecule has 12 heteroatoms. The molecule has 5 N–H and O–H groups in total. The third-order valence-electron chi connectivity index (χ3n) is 6.96. The van der Waals surface area contributed by atoms with Gasteiger partial charge in [0, 0.05) is 43.5 Å². The summed E-state index contributed by atoms with van der Waals surface area (Å²) >= 11 is 0. The first kappa shape index (κ1) is 28.5. The zero-order chi connectivity index (χ0) is 28.2. The number of fused-ring (bicyclic) bond motifs is 1. The number of aromatic hydroxyl groups is 1. The van der Waals surface area contributed by atoms with Crippen molar-refractivity contribution in [2.45, 2.75) is 44.1 Å². The number of carbonyl (C=O) groups is 1. The zero-order valence-electron chi connectivity index (χ0n) is 21.0. The highest BCUT2D eigenvalue weighted by Crippen LogP contribution is 2.32. The highest BCUT2D eigenvalue weighted by atomic mass is 19.4. The van der Waals surface area contributed by atoms with Crippen LogP contribution in [-0.4, -0.2) is 58.2 Å². The number of aromatic nitrogens is 1. The van der Waals surface area contributed by atoms with Gasteiger partial charge in [-0.1, -0.05) is 6.07 Å². The van der Waals surface area contributed by atoms with Gasteiger partial charge < -0.3 is 30.7 Å². The Bertz CT molecular complexity index is 1370. The highest BCUT2D eigenvalue weighted by Gasteiger charge is 2.33. The third-order valence-corrected chi connectivity index (χ3v) is 6.96. The Hall–Kier alpha value is -3.48. The number of alkyl halides is 3. The van der Waals surface area contributed by atoms with Gasteiger partial charge >= 0.3 is 6.18 Å². The fourth-order valence-corrected chi connectivity index (χ4v) is 4.83. The molecule has 1 fully saturated rings.